The molecule has 0 saturated heterocycles. The summed E-state index contributed by atoms with van der Waals surface area (Å²) in [7, 11) is 1.61. The Morgan fingerprint density at radius 1 is 1.41 bits per heavy atom. The van der Waals surface area contributed by atoms with Crippen molar-refractivity contribution in [2.24, 2.45) is 17.8 Å². The maximum atomic E-state index is 11.9. The number of carbonyl (C=O) groups is 1. The third kappa shape index (κ3) is 3.42. The molecule has 0 aliphatic heterocycles. The zero-order chi connectivity index (χ0) is 12.5. The first kappa shape index (κ1) is 12.8. The minimum atomic E-state index is -0.868. The molecule has 2 saturated carbocycles. The van der Waals surface area contributed by atoms with Crippen molar-refractivity contribution in [1.29, 1.82) is 0 Å². The topological polar surface area (TPSA) is 58.6 Å². The van der Waals surface area contributed by atoms with Gasteiger partial charge in [0.05, 0.1) is 5.60 Å². The van der Waals surface area contributed by atoms with E-state index in [9.17, 15) is 9.90 Å². The van der Waals surface area contributed by atoms with Crippen molar-refractivity contribution in [3.05, 3.63) is 0 Å². The number of carbonyl (C=O) groups excluding carboxylic acids is 1. The van der Waals surface area contributed by atoms with Gasteiger partial charge in [0.1, 0.15) is 0 Å². The van der Waals surface area contributed by atoms with Gasteiger partial charge in [-0.1, -0.05) is 0 Å². The van der Waals surface area contributed by atoms with Crippen LogP contribution < -0.4 is 5.32 Å². The molecule has 0 aromatic rings. The Morgan fingerprint density at radius 3 is 2.65 bits per heavy atom. The van der Waals surface area contributed by atoms with Gasteiger partial charge in [0, 0.05) is 32.6 Å². The second-order valence-electron chi connectivity index (χ2n) is 5.88. The summed E-state index contributed by atoms with van der Waals surface area (Å²) in [5, 5.41) is 12.9. The highest BCUT2D eigenvalue weighted by molar-refractivity contribution is 5.79. The molecule has 0 aromatic carbocycles. The average Bonchev–Trinajstić information content (AvgIpc) is 2.91. The predicted octanol–water partition coefficient (Wildman–Crippen LogP) is 0.936. The number of fused-ring (bicyclic) bond motifs is 1. The highest BCUT2D eigenvalue weighted by Crippen LogP contribution is 2.54. The molecule has 2 N–H and O–H groups in total. The second-order valence-corrected chi connectivity index (χ2v) is 5.88. The van der Waals surface area contributed by atoms with Crippen molar-refractivity contribution in [2.75, 3.05) is 20.3 Å². The van der Waals surface area contributed by atoms with E-state index in [2.05, 4.69) is 5.32 Å². The Balaban J connectivity index is 1.68. The van der Waals surface area contributed by atoms with E-state index in [-0.39, 0.29) is 11.8 Å². The van der Waals surface area contributed by atoms with E-state index in [1.165, 1.54) is 6.42 Å². The first-order chi connectivity index (χ1) is 8.02. The molecular weight excluding hydrogens is 218 g/mol. The number of methoxy groups -OCH3 is 1. The summed E-state index contributed by atoms with van der Waals surface area (Å²) in [6.45, 7) is 2.57. The van der Waals surface area contributed by atoms with Crippen molar-refractivity contribution in [3.63, 3.8) is 0 Å². The summed E-state index contributed by atoms with van der Waals surface area (Å²) in [4.78, 5) is 11.9. The molecule has 0 heterocycles. The number of amides is 1. The van der Waals surface area contributed by atoms with Gasteiger partial charge in [-0.3, -0.25) is 4.79 Å². The van der Waals surface area contributed by atoms with Crippen LogP contribution in [-0.2, 0) is 9.53 Å². The second kappa shape index (κ2) is 4.94. The molecular formula is C13H23NO3. The molecule has 0 bridgehead atoms. The molecule has 4 heteroatoms. The third-order valence-electron chi connectivity index (χ3n) is 4.10. The standard InChI is InChI=1S/C13H23NO3/c1-13(16,3-4-17-2)8-14-12(15)11-6-9-5-10(9)7-11/h9-11,16H,3-8H2,1-2H3,(H,14,15). The van der Waals surface area contributed by atoms with E-state index in [1.807, 2.05) is 0 Å². The Kier molecular flexibility index (Phi) is 3.73. The van der Waals surface area contributed by atoms with Crippen LogP contribution in [0.1, 0.15) is 32.6 Å². The van der Waals surface area contributed by atoms with Crippen LogP contribution in [0.2, 0.25) is 0 Å². The lowest BCUT2D eigenvalue weighted by molar-refractivity contribution is -0.126. The van der Waals surface area contributed by atoms with Crippen LogP contribution in [0.3, 0.4) is 0 Å². The van der Waals surface area contributed by atoms with Gasteiger partial charge in [-0.15, -0.1) is 0 Å². The fourth-order valence-electron chi connectivity index (χ4n) is 2.76. The highest BCUT2D eigenvalue weighted by Gasteiger charge is 2.48. The number of rotatable bonds is 6. The largest absolute Gasteiger partial charge is 0.388 e. The van der Waals surface area contributed by atoms with Gasteiger partial charge in [0.2, 0.25) is 5.91 Å². The Hall–Kier alpha value is -0.610. The lowest BCUT2D eigenvalue weighted by atomic mass is 10.0. The van der Waals surface area contributed by atoms with Crippen molar-refractivity contribution in [3.8, 4) is 0 Å². The lowest BCUT2D eigenvalue weighted by Crippen LogP contribution is -2.43. The first-order valence-corrected chi connectivity index (χ1v) is 6.51. The van der Waals surface area contributed by atoms with Gasteiger partial charge in [0.15, 0.2) is 0 Å². The quantitative estimate of drug-likeness (QED) is 0.727. The molecule has 2 fully saturated rings. The van der Waals surface area contributed by atoms with Crippen LogP contribution in [0.4, 0.5) is 0 Å². The summed E-state index contributed by atoms with van der Waals surface area (Å²) in [5.74, 6) is 1.95. The van der Waals surface area contributed by atoms with Gasteiger partial charge >= 0.3 is 0 Å². The van der Waals surface area contributed by atoms with Crippen LogP contribution in [0.5, 0.6) is 0 Å². The fourth-order valence-corrected chi connectivity index (χ4v) is 2.76. The van der Waals surface area contributed by atoms with Gasteiger partial charge in [-0.2, -0.15) is 0 Å². The van der Waals surface area contributed by atoms with Crippen molar-refractivity contribution in [2.45, 2.75) is 38.2 Å². The van der Waals surface area contributed by atoms with E-state index < -0.39 is 5.60 Å². The average molecular weight is 241 g/mol. The lowest BCUT2D eigenvalue weighted by Gasteiger charge is -2.24. The monoisotopic (exact) mass is 241 g/mol. The van der Waals surface area contributed by atoms with Crippen molar-refractivity contribution >= 4 is 5.91 Å². The number of ether oxygens (including phenoxy) is 1. The van der Waals surface area contributed by atoms with Crippen LogP contribution in [0, 0.1) is 17.8 Å². The molecule has 0 radical (unpaired) electrons. The van der Waals surface area contributed by atoms with Gasteiger partial charge in [-0.25, -0.2) is 0 Å². The van der Waals surface area contributed by atoms with Crippen LogP contribution in [-0.4, -0.2) is 36.9 Å². The molecule has 0 spiro atoms. The number of aliphatic hydroxyl groups is 1. The van der Waals surface area contributed by atoms with Gasteiger partial charge < -0.3 is 15.2 Å². The van der Waals surface area contributed by atoms with Crippen molar-refractivity contribution < 1.29 is 14.6 Å². The van der Waals surface area contributed by atoms with E-state index >= 15 is 0 Å². The molecule has 2 aliphatic carbocycles. The molecule has 1 amide bonds. The number of hydrogen-bond acceptors (Lipinski definition) is 3. The number of nitrogens with one attached hydrogen (secondary N) is 1. The third-order valence-corrected chi connectivity index (χ3v) is 4.10. The van der Waals surface area contributed by atoms with Crippen LogP contribution in [0.25, 0.3) is 0 Å². The Bertz CT molecular complexity index is 280. The molecule has 3 atom stereocenters. The predicted molar refractivity (Wildman–Crippen MR) is 64.4 cm³/mol. The smallest absolute Gasteiger partial charge is 0.223 e. The Morgan fingerprint density at radius 2 is 2.06 bits per heavy atom. The molecule has 3 unspecified atom stereocenters. The molecule has 17 heavy (non-hydrogen) atoms. The summed E-state index contributed by atoms with van der Waals surface area (Å²) in [6, 6.07) is 0. The van der Waals surface area contributed by atoms with Crippen LogP contribution >= 0.6 is 0 Å². The maximum absolute atomic E-state index is 11.9. The van der Waals surface area contributed by atoms with Gasteiger partial charge in [-0.05, 0) is 38.0 Å². The summed E-state index contributed by atoms with van der Waals surface area (Å²) < 4.78 is 4.93. The minimum absolute atomic E-state index is 0.120. The molecule has 98 valence electrons. The molecule has 4 nitrogen and oxygen atoms in total. The maximum Gasteiger partial charge on any atom is 0.223 e. The molecule has 2 aliphatic rings. The summed E-state index contributed by atoms with van der Waals surface area (Å²) in [6.07, 6.45) is 3.97. The summed E-state index contributed by atoms with van der Waals surface area (Å²) >= 11 is 0. The number of hydrogen-bond donors (Lipinski definition) is 2. The van der Waals surface area contributed by atoms with E-state index in [0.29, 0.717) is 19.6 Å². The van der Waals surface area contributed by atoms with Crippen molar-refractivity contribution in [1.82, 2.24) is 5.32 Å². The zero-order valence-corrected chi connectivity index (χ0v) is 10.7. The molecule has 2 rings (SSSR count). The zero-order valence-electron chi connectivity index (χ0n) is 10.7. The normalized spacial score (nSPS) is 33.9. The Labute approximate surface area is 103 Å². The SMILES string of the molecule is COCCC(C)(O)CNC(=O)C1CC2CC2C1. The van der Waals surface area contributed by atoms with Crippen LogP contribution in [0.15, 0.2) is 0 Å². The van der Waals surface area contributed by atoms with Gasteiger partial charge in [0.25, 0.3) is 0 Å². The fraction of sp³-hybridized carbons (Fsp3) is 0.923. The summed E-state index contributed by atoms with van der Waals surface area (Å²) in [5.41, 5.74) is -0.868. The first-order valence-electron chi connectivity index (χ1n) is 6.51. The van der Waals surface area contributed by atoms with E-state index in [1.54, 1.807) is 14.0 Å². The highest BCUT2D eigenvalue weighted by atomic mass is 16.5. The molecule has 0 aromatic heterocycles. The minimum Gasteiger partial charge on any atom is -0.388 e. The van der Waals surface area contributed by atoms with E-state index in [4.69, 9.17) is 4.74 Å². The van der Waals surface area contributed by atoms with E-state index in [0.717, 1.165) is 24.7 Å².